The molecule has 3 N–H and O–H groups in total. The number of H-pyrrole nitrogens is 1. The number of hydrogen-bond acceptors (Lipinski definition) is 7. The average Bonchev–Trinajstić information content (AvgIpc) is 3.16. The van der Waals surface area contributed by atoms with Crippen molar-refractivity contribution in [2.45, 2.75) is 10.8 Å². The summed E-state index contributed by atoms with van der Waals surface area (Å²) in [6, 6.07) is 16.1. The second-order valence-corrected chi connectivity index (χ2v) is 7.20. The second kappa shape index (κ2) is 7.33. The first-order valence-corrected chi connectivity index (χ1v) is 9.80. The van der Waals surface area contributed by atoms with E-state index in [1.54, 1.807) is 23.9 Å². The molecule has 2 heterocycles. The van der Waals surface area contributed by atoms with Crippen LogP contribution in [0, 0.1) is 21.4 Å². The fraction of sp³-hybridized carbons (Fsp3) is 0.100. The van der Waals surface area contributed by atoms with Gasteiger partial charge in [0.05, 0.1) is 22.1 Å². The molecule has 0 aliphatic carbocycles. The maximum atomic E-state index is 10.9. The highest BCUT2D eigenvalue weighted by molar-refractivity contribution is 7.98. The predicted molar refractivity (Wildman–Crippen MR) is 108 cm³/mol. The van der Waals surface area contributed by atoms with Gasteiger partial charge in [-0.2, -0.15) is 5.26 Å². The Morgan fingerprint density at radius 3 is 2.52 bits per heavy atom. The molecular weight excluding hydrogens is 390 g/mol. The van der Waals surface area contributed by atoms with E-state index in [0.29, 0.717) is 22.4 Å². The lowest BCUT2D eigenvalue weighted by atomic mass is 9.83. The monoisotopic (exact) mass is 405 g/mol. The molecule has 0 radical (unpaired) electrons. The maximum absolute atomic E-state index is 10.9. The summed E-state index contributed by atoms with van der Waals surface area (Å²) in [5.41, 5.74) is 9.12. The molecule has 29 heavy (non-hydrogen) atoms. The number of nitro groups is 1. The van der Waals surface area contributed by atoms with Crippen LogP contribution in [0.1, 0.15) is 17.0 Å². The van der Waals surface area contributed by atoms with E-state index >= 15 is 0 Å². The van der Waals surface area contributed by atoms with E-state index in [0.717, 1.165) is 10.5 Å². The van der Waals surface area contributed by atoms with Crippen LogP contribution in [-0.2, 0) is 0 Å². The number of benzene rings is 2. The molecule has 3 aromatic rings. The van der Waals surface area contributed by atoms with Crippen molar-refractivity contribution < 1.29 is 9.66 Å². The standard InChI is InChI=1S/C20H15N5O3S/c1-29-14-8-4-11(5-9-14)16-15(10-21)19(22)28-20-17(16)18(23-24-20)12-2-6-13(7-3-12)25(26)27/h2-9,16H,22H2,1H3,(H,23,24)/t16-/m1/s1. The van der Waals surface area contributed by atoms with Gasteiger partial charge in [0.2, 0.25) is 11.8 Å². The Hall–Kier alpha value is -3.77. The van der Waals surface area contributed by atoms with Crippen LogP contribution < -0.4 is 10.5 Å². The zero-order chi connectivity index (χ0) is 20.5. The van der Waals surface area contributed by atoms with Crippen molar-refractivity contribution in [1.29, 1.82) is 5.26 Å². The Morgan fingerprint density at radius 2 is 1.93 bits per heavy atom. The zero-order valence-corrected chi connectivity index (χ0v) is 16.1. The Morgan fingerprint density at radius 1 is 1.24 bits per heavy atom. The van der Waals surface area contributed by atoms with Crippen molar-refractivity contribution in [3.63, 3.8) is 0 Å². The van der Waals surface area contributed by atoms with E-state index in [2.05, 4.69) is 16.3 Å². The molecule has 2 aromatic carbocycles. The van der Waals surface area contributed by atoms with Crippen LogP contribution in [0.25, 0.3) is 11.3 Å². The molecule has 0 saturated heterocycles. The molecule has 9 heteroatoms. The van der Waals surface area contributed by atoms with Gasteiger partial charge in [-0.05, 0) is 36.1 Å². The van der Waals surface area contributed by atoms with Gasteiger partial charge < -0.3 is 10.5 Å². The molecular formula is C20H15N5O3S. The van der Waals surface area contributed by atoms with Crippen molar-refractivity contribution >= 4 is 17.4 Å². The van der Waals surface area contributed by atoms with E-state index in [-0.39, 0.29) is 17.5 Å². The summed E-state index contributed by atoms with van der Waals surface area (Å²) >= 11 is 1.62. The number of allylic oxidation sites excluding steroid dienone is 1. The fourth-order valence-electron chi connectivity index (χ4n) is 3.34. The number of nitrogens with zero attached hydrogens (tertiary/aromatic N) is 3. The number of ether oxygens (including phenoxy) is 1. The van der Waals surface area contributed by atoms with Crippen molar-refractivity contribution in [3.05, 3.63) is 81.2 Å². The molecule has 4 rings (SSSR count). The number of aromatic amines is 1. The number of rotatable bonds is 4. The fourth-order valence-corrected chi connectivity index (χ4v) is 3.75. The molecule has 0 fully saturated rings. The number of nitrogens with two attached hydrogens (primary N) is 1. The summed E-state index contributed by atoms with van der Waals surface area (Å²) in [5, 5.41) is 27.8. The van der Waals surface area contributed by atoms with Crippen LogP contribution in [-0.4, -0.2) is 21.4 Å². The first-order valence-electron chi connectivity index (χ1n) is 8.58. The van der Waals surface area contributed by atoms with Crippen LogP contribution in [0.5, 0.6) is 5.88 Å². The molecule has 0 amide bonds. The average molecular weight is 405 g/mol. The molecule has 0 spiro atoms. The van der Waals surface area contributed by atoms with Gasteiger partial charge >= 0.3 is 0 Å². The number of non-ortho nitro benzene ring substituents is 1. The van der Waals surface area contributed by atoms with Crippen LogP contribution in [0.2, 0.25) is 0 Å². The Labute approximate surface area is 170 Å². The summed E-state index contributed by atoms with van der Waals surface area (Å²) in [6.45, 7) is 0. The molecule has 0 bridgehead atoms. The highest BCUT2D eigenvalue weighted by Crippen LogP contribution is 2.45. The number of fused-ring (bicyclic) bond motifs is 1. The minimum Gasteiger partial charge on any atom is -0.420 e. The second-order valence-electron chi connectivity index (χ2n) is 6.32. The summed E-state index contributed by atoms with van der Waals surface area (Å²) in [4.78, 5) is 11.6. The van der Waals surface area contributed by atoms with E-state index < -0.39 is 10.8 Å². The maximum Gasteiger partial charge on any atom is 0.269 e. The van der Waals surface area contributed by atoms with E-state index in [9.17, 15) is 15.4 Å². The normalized spacial score (nSPS) is 15.4. The van der Waals surface area contributed by atoms with Crippen molar-refractivity contribution in [2.24, 2.45) is 5.73 Å². The lowest BCUT2D eigenvalue weighted by Gasteiger charge is -2.24. The Kier molecular flexibility index (Phi) is 4.70. The smallest absolute Gasteiger partial charge is 0.269 e. The SMILES string of the molecule is CSc1ccc([C@@H]2C(C#N)=C(N)Oc3n[nH]c(-c4ccc([N+](=O)[O-])cc4)c32)cc1. The van der Waals surface area contributed by atoms with E-state index in [4.69, 9.17) is 10.5 Å². The topological polar surface area (TPSA) is 131 Å². The third-order valence-corrected chi connectivity index (χ3v) is 5.50. The molecule has 144 valence electrons. The molecule has 1 aliphatic heterocycles. The number of nitro benzene ring substituents is 1. The Balaban J connectivity index is 1.87. The first kappa shape index (κ1) is 18.6. The zero-order valence-electron chi connectivity index (χ0n) is 15.2. The number of nitrogens with one attached hydrogen (secondary N) is 1. The molecule has 8 nitrogen and oxygen atoms in total. The predicted octanol–water partition coefficient (Wildman–Crippen LogP) is 3.92. The minimum atomic E-state index is -0.469. The minimum absolute atomic E-state index is 0.00978. The highest BCUT2D eigenvalue weighted by Gasteiger charge is 2.35. The lowest BCUT2D eigenvalue weighted by molar-refractivity contribution is -0.384. The van der Waals surface area contributed by atoms with Gasteiger partial charge in [0.1, 0.15) is 11.6 Å². The largest absolute Gasteiger partial charge is 0.420 e. The van der Waals surface area contributed by atoms with E-state index in [1.165, 1.54) is 12.1 Å². The third kappa shape index (κ3) is 3.19. The van der Waals surface area contributed by atoms with Crippen molar-refractivity contribution in [3.8, 4) is 23.2 Å². The summed E-state index contributed by atoms with van der Waals surface area (Å²) in [6.07, 6.45) is 1.99. The number of hydrogen-bond donors (Lipinski definition) is 2. The molecule has 0 unspecified atom stereocenters. The molecule has 1 aliphatic rings. The molecule has 1 atom stereocenters. The third-order valence-electron chi connectivity index (χ3n) is 4.75. The lowest BCUT2D eigenvalue weighted by Crippen LogP contribution is -2.20. The van der Waals surface area contributed by atoms with Crippen molar-refractivity contribution in [1.82, 2.24) is 10.2 Å². The molecule has 1 aromatic heterocycles. The van der Waals surface area contributed by atoms with Crippen LogP contribution in [0.4, 0.5) is 5.69 Å². The number of nitriles is 1. The van der Waals surface area contributed by atoms with Crippen LogP contribution in [0.3, 0.4) is 0 Å². The highest BCUT2D eigenvalue weighted by atomic mass is 32.2. The van der Waals surface area contributed by atoms with Gasteiger partial charge in [0.15, 0.2) is 0 Å². The summed E-state index contributed by atoms with van der Waals surface area (Å²) in [5.74, 6) is -0.168. The summed E-state index contributed by atoms with van der Waals surface area (Å²) < 4.78 is 5.58. The first-order chi connectivity index (χ1) is 14.0. The van der Waals surface area contributed by atoms with Gasteiger partial charge in [-0.3, -0.25) is 15.2 Å². The van der Waals surface area contributed by atoms with Gasteiger partial charge in [-0.15, -0.1) is 16.9 Å². The van der Waals surface area contributed by atoms with Gasteiger partial charge in [-0.25, -0.2) is 0 Å². The van der Waals surface area contributed by atoms with Crippen LogP contribution >= 0.6 is 11.8 Å². The van der Waals surface area contributed by atoms with E-state index in [1.807, 2.05) is 30.5 Å². The van der Waals surface area contributed by atoms with Crippen LogP contribution in [0.15, 0.2) is 64.9 Å². The number of aromatic nitrogens is 2. The summed E-state index contributed by atoms with van der Waals surface area (Å²) in [7, 11) is 0. The quantitative estimate of drug-likeness (QED) is 0.382. The Bertz CT molecular complexity index is 1160. The van der Waals surface area contributed by atoms with Gasteiger partial charge in [-0.1, -0.05) is 12.1 Å². The molecule has 0 saturated carbocycles. The van der Waals surface area contributed by atoms with Crippen molar-refractivity contribution in [2.75, 3.05) is 6.26 Å². The van der Waals surface area contributed by atoms with Gasteiger partial charge in [0, 0.05) is 22.6 Å². The van der Waals surface area contributed by atoms with Gasteiger partial charge in [0.25, 0.3) is 5.69 Å². The number of thioether (sulfide) groups is 1.